The number of halogens is 1. The van der Waals surface area contributed by atoms with Crippen molar-refractivity contribution in [3.05, 3.63) is 22.8 Å². The van der Waals surface area contributed by atoms with E-state index in [0.29, 0.717) is 16.5 Å². The second-order valence-electron chi connectivity index (χ2n) is 4.02. The maximum atomic E-state index is 11.6. The van der Waals surface area contributed by atoms with Crippen molar-refractivity contribution in [2.24, 2.45) is 0 Å². The molecule has 0 saturated carbocycles. The van der Waals surface area contributed by atoms with Crippen molar-refractivity contribution in [1.82, 2.24) is 9.88 Å². The zero-order valence-corrected chi connectivity index (χ0v) is 11.2. The molecule has 0 unspecified atom stereocenters. The Bertz CT molecular complexity index is 491. The molecule has 2 amide bonds. The van der Waals surface area contributed by atoms with Gasteiger partial charge in [-0.15, -0.1) is 0 Å². The summed E-state index contributed by atoms with van der Waals surface area (Å²) in [6.45, 7) is 2.57. The van der Waals surface area contributed by atoms with E-state index < -0.39 is 0 Å². The van der Waals surface area contributed by atoms with E-state index in [1.165, 1.54) is 0 Å². The number of nitrogens with one attached hydrogen (secondary N) is 1. The Morgan fingerprint density at radius 3 is 2.68 bits per heavy atom. The number of ether oxygens (including phenoxy) is 1. The number of carbonyl (C=O) groups is 2. The van der Waals surface area contributed by atoms with Gasteiger partial charge in [-0.3, -0.25) is 14.5 Å². The topological polar surface area (TPSA) is 71.5 Å². The molecule has 0 aromatic carbocycles. The predicted octanol–water partition coefficient (Wildman–Crippen LogP) is 1.05. The Labute approximate surface area is 115 Å². The Morgan fingerprint density at radius 1 is 1.37 bits per heavy atom. The third-order valence-electron chi connectivity index (χ3n) is 2.64. The van der Waals surface area contributed by atoms with Gasteiger partial charge in [0, 0.05) is 6.54 Å². The van der Waals surface area contributed by atoms with E-state index in [1.54, 1.807) is 12.1 Å². The molecule has 1 aromatic heterocycles. The van der Waals surface area contributed by atoms with Crippen LogP contribution in [-0.4, -0.2) is 41.5 Å². The first kappa shape index (κ1) is 13.8. The van der Waals surface area contributed by atoms with Crippen LogP contribution in [0.2, 0.25) is 5.02 Å². The molecule has 1 saturated heterocycles. The van der Waals surface area contributed by atoms with Gasteiger partial charge in [0.2, 0.25) is 0 Å². The molecule has 0 atom stereocenters. The van der Waals surface area contributed by atoms with Gasteiger partial charge in [-0.25, -0.2) is 4.98 Å². The SMILES string of the molecule is CCNc1ccc(Cl)c(CN2C(=O)COCC2=O)n1. The van der Waals surface area contributed by atoms with E-state index in [2.05, 4.69) is 10.3 Å². The number of amides is 2. The second kappa shape index (κ2) is 5.99. The number of rotatable bonds is 4. The van der Waals surface area contributed by atoms with Gasteiger partial charge in [0.15, 0.2) is 0 Å². The molecule has 2 heterocycles. The zero-order chi connectivity index (χ0) is 13.8. The average molecular weight is 284 g/mol. The fourth-order valence-electron chi connectivity index (χ4n) is 1.72. The van der Waals surface area contributed by atoms with Crippen LogP contribution in [0, 0.1) is 0 Å². The van der Waals surface area contributed by atoms with Crippen LogP contribution in [0.4, 0.5) is 5.82 Å². The van der Waals surface area contributed by atoms with Gasteiger partial charge < -0.3 is 10.1 Å². The number of pyridine rings is 1. The molecule has 2 rings (SSSR count). The summed E-state index contributed by atoms with van der Waals surface area (Å²) in [5.41, 5.74) is 0.490. The summed E-state index contributed by atoms with van der Waals surface area (Å²) in [5.74, 6) is -0.0824. The first-order chi connectivity index (χ1) is 9.11. The van der Waals surface area contributed by atoms with Crippen LogP contribution < -0.4 is 5.32 Å². The number of imide groups is 1. The summed E-state index contributed by atoms with van der Waals surface area (Å²) in [6.07, 6.45) is 0. The Hall–Kier alpha value is -1.66. The van der Waals surface area contributed by atoms with E-state index in [1.807, 2.05) is 6.92 Å². The average Bonchev–Trinajstić information content (AvgIpc) is 2.38. The largest absolute Gasteiger partial charge is 0.370 e. The van der Waals surface area contributed by atoms with Crippen molar-refractivity contribution in [2.45, 2.75) is 13.5 Å². The first-order valence-corrected chi connectivity index (χ1v) is 6.30. The predicted molar refractivity (Wildman–Crippen MR) is 69.8 cm³/mol. The first-order valence-electron chi connectivity index (χ1n) is 5.92. The van der Waals surface area contributed by atoms with Crippen LogP contribution in [0.15, 0.2) is 12.1 Å². The number of morpholine rings is 1. The standard InChI is InChI=1S/C12H14ClN3O3/c1-2-14-10-4-3-8(13)9(15-10)5-16-11(17)6-19-7-12(16)18/h3-4H,2,5-7H2,1H3,(H,14,15). The molecule has 0 bridgehead atoms. The minimum Gasteiger partial charge on any atom is -0.370 e. The number of aromatic nitrogens is 1. The smallest absolute Gasteiger partial charge is 0.255 e. The lowest BCUT2D eigenvalue weighted by Crippen LogP contribution is -2.45. The lowest BCUT2D eigenvalue weighted by Gasteiger charge is -2.24. The Balaban J connectivity index is 2.19. The number of nitrogens with zero attached hydrogens (tertiary/aromatic N) is 2. The van der Waals surface area contributed by atoms with Crippen molar-refractivity contribution >= 4 is 29.2 Å². The number of carbonyl (C=O) groups excluding carboxylic acids is 2. The summed E-state index contributed by atoms with van der Waals surface area (Å²) in [6, 6.07) is 3.44. The molecule has 0 aliphatic carbocycles. The van der Waals surface area contributed by atoms with Crippen LogP contribution in [0.3, 0.4) is 0 Å². The summed E-state index contributed by atoms with van der Waals surface area (Å²) in [7, 11) is 0. The second-order valence-corrected chi connectivity index (χ2v) is 4.43. The Kier molecular flexibility index (Phi) is 4.34. The molecule has 19 heavy (non-hydrogen) atoms. The van der Waals surface area contributed by atoms with Gasteiger partial charge in [-0.2, -0.15) is 0 Å². The van der Waals surface area contributed by atoms with Crippen molar-refractivity contribution < 1.29 is 14.3 Å². The fraction of sp³-hybridized carbons (Fsp3) is 0.417. The van der Waals surface area contributed by atoms with E-state index in [4.69, 9.17) is 16.3 Å². The zero-order valence-electron chi connectivity index (χ0n) is 10.5. The van der Waals surface area contributed by atoms with Gasteiger partial charge in [0.25, 0.3) is 11.8 Å². The molecule has 0 spiro atoms. The maximum absolute atomic E-state index is 11.6. The lowest BCUT2D eigenvalue weighted by molar-refractivity contribution is -0.159. The summed E-state index contributed by atoms with van der Waals surface area (Å²) < 4.78 is 4.85. The van der Waals surface area contributed by atoms with Gasteiger partial charge in [0.05, 0.1) is 17.3 Å². The highest BCUT2D eigenvalue weighted by molar-refractivity contribution is 6.31. The van der Waals surface area contributed by atoms with Crippen LogP contribution in [0.25, 0.3) is 0 Å². The molecular weight excluding hydrogens is 270 g/mol. The number of hydrogen-bond acceptors (Lipinski definition) is 5. The minimum atomic E-state index is -0.372. The molecule has 1 N–H and O–H groups in total. The minimum absolute atomic E-state index is 0.0685. The maximum Gasteiger partial charge on any atom is 0.255 e. The molecule has 1 aliphatic rings. The van der Waals surface area contributed by atoms with Gasteiger partial charge in [0.1, 0.15) is 19.0 Å². The van der Waals surface area contributed by atoms with E-state index in [0.717, 1.165) is 11.4 Å². The summed E-state index contributed by atoms with van der Waals surface area (Å²) >= 11 is 6.04. The highest BCUT2D eigenvalue weighted by Gasteiger charge is 2.27. The van der Waals surface area contributed by atoms with Crippen molar-refractivity contribution in [3.8, 4) is 0 Å². The van der Waals surface area contributed by atoms with Crippen LogP contribution in [0.1, 0.15) is 12.6 Å². The third kappa shape index (κ3) is 3.21. The molecule has 102 valence electrons. The summed E-state index contributed by atoms with van der Waals surface area (Å²) in [4.78, 5) is 28.7. The number of hydrogen-bond donors (Lipinski definition) is 1. The van der Waals surface area contributed by atoms with E-state index in [9.17, 15) is 9.59 Å². The Morgan fingerprint density at radius 2 is 2.05 bits per heavy atom. The highest BCUT2D eigenvalue weighted by Crippen LogP contribution is 2.19. The quantitative estimate of drug-likeness (QED) is 0.837. The van der Waals surface area contributed by atoms with Crippen molar-refractivity contribution in [3.63, 3.8) is 0 Å². The van der Waals surface area contributed by atoms with Crippen LogP contribution >= 0.6 is 11.6 Å². The normalized spacial score (nSPS) is 15.8. The molecular formula is C12H14ClN3O3. The van der Waals surface area contributed by atoms with Crippen molar-refractivity contribution in [1.29, 1.82) is 0 Å². The van der Waals surface area contributed by atoms with Crippen LogP contribution in [-0.2, 0) is 20.9 Å². The van der Waals surface area contributed by atoms with Crippen molar-refractivity contribution in [2.75, 3.05) is 25.1 Å². The third-order valence-corrected chi connectivity index (χ3v) is 2.98. The number of anilines is 1. The van der Waals surface area contributed by atoms with Gasteiger partial charge >= 0.3 is 0 Å². The molecule has 1 fully saturated rings. The monoisotopic (exact) mass is 283 g/mol. The van der Waals surface area contributed by atoms with Crippen LogP contribution in [0.5, 0.6) is 0 Å². The molecule has 7 heteroatoms. The molecule has 6 nitrogen and oxygen atoms in total. The lowest BCUT2D eigenvalue weighted by atomic mass is 10.3. The molecule has 1 aromatic rings. The fourth-order valence-corrected chi connectivity index (χ4v) is 1.89. The van der Waals surface area contributed by atoms with Gasteiger partial charge in [-0.05, 0) is 19.1 Å². The molecule has 0 radical (unpaired) electrons. The van der Waals surface area contributed by atoms with E-state index >= 15 is 0 Å². The summed E-state index contributed by atoms with van der Waals surface area (Å²) in [5, 5.41) is 3.48. The molecule has 1 aliphatic heterocycles. The van der Waals surface area contributed by atoms with E-state index in [-0.39, 0.29) is 31.6 Å². The highest BCUT2D eigenvalue weighted by atomic mass is 35.5. The van der Waals surface area contributed by atoms with Gasteiger partial charge in [-0.1, -0.05) is 11.6 Å².